The zero-order valence-electron chi connectivity index (χ0n) is 18.2. The Labute approximate surface area is 181 Å². The van der Waals surface area contributed by atoms with E-state index in [1.54, 1.807) is 12.3 Å². The maximum atomic E-state index is 13.6. The summed E-state index contributed by atoms with van der Waals surface area (Å²) in [5.74, 6) is -0.639. The van der Waals surface area contributed by atoms with Crippen LogP contribution < -0.4 is 10.1 Å². The van der Waals surface area contributed by atoms with E-state index in [2.05, 4.69) is 16.4 Å². The quantitative estimate of drug-likeness (QED) is 0.571. The molecule has 160 valence electrons. The first-order valence-corrected chi connectivity index (χ1v) is 10.8. The van der Waals surface area contributed by atoms with Gasteiger partial charge in [-0.15, -0.1) is 0 Å². The minimum atomic E-state index is -1.12. The van der Waals surface area contributed by atoms with Crippen molar-refractivity contribution in [1.82, 2.24) is 4.98 Å². The summed E-state index contributed by atoms with van der Waals surface area (Å²) in [4.78, 5) is 18.1. The number of aromatic nitrogens is 1. The van der Waals surface area contributed by atoms with Gasteiger partial charge in [-0.25, -0.2) is 9.78 Å². The molecule has 0 aromatic carbocycles. The molecule has 1 aromatic heterocycles. The zero-order valence-corrected chi connectivity index (χ0v) is 18.2. The van der Waals surface area contributed by atoms with Crippen molar-refractivity contribution in [2.45, 2.75) is 52.1 Å². The Hall–Kier alpha value is -2.95. The van der Waals surface area contributed by atoms with Crippen molar-refractivity contribution in [1.29, 1.82) is 5.26 Å². The number of ether oxygens (including phenoxy) is 1. The predicted molar refractivity (Wildman–Crippen MR) is 115 cm³/mol. The Morgan fingerprint density at radius 1 is 1.35 bits per heavy atom. The number of aryl methyl sites for hydroxylation is 1. The number of carbonyl (C=O) groups excluding carboxylic acids is 1. The van der Waals surface area contributed by atoms with Gasteiger partial charge in [0.25, 0.3) is 0 Å². The number of hydrogen-bond donors (Lipinski definition) is 1. The monoisotopic (exact) mass is 418 g/mol. The standard InChI is InChI=1S/C24H26N4O3/c1-12-8-15(10-25)9-17-18(12)20-19(24(29)28(17,4)30)14(3)27-22-13(2)11-26-23(21(20)22)31-16-6-5-7-16/h8-9,11-12,16,18,20,27H,5-7H2,1-4H3/t12?,18?,20-,28?/m1/s1. The zero-order chi connectivity index (χ0) is 22.1. The van der Waals surface area contributed by atoms with Crippen molar-refractivity contribution in [3.8, 4) is 11.9 Å². The van der Waals surface area contributed by atoms with Crippen molar-refractivity contribution < 1.29 is 14.2 Å². The SMILES string of the molecule is CC1=C2C(=O)[N+](C)([O-])C3=CC(C#N)=CC(C)C3[C@H]2c2c(OC3CCC3)ncc(C)c2N1. The maximum absolute atomic E-state index is 13.6. The molecule has 1 aromatic rings. The van der Waals surface area contributed by atoms with Crippen LogP contribution in [0.5, 0.6) is 5.88 Å². The number of nitriles is 1. The molecule has 0 radical (unpaired) electrons. The van der Waals surface area contributed by atoms with Crippen LogP contribution in [0.1, 0.15) is 50.2 Å². The lowest BCUT2D eigenvalue weighted by Gasteiger charge is -2.51. The maximum Gasteiger partial charge on any atom is 0.348 e. The molecule has 3 unspecified atom stereocenters. The summed E-state index contributed by atoms with van der Waals surface area (Å²) in [6.45, 7) is 5.85. The van der Waals surface area contributed by atoms with Gasteiger partial charge in [-0.3, -0.25) is 4.65 Å². The van der Waals surface area contributed by atoms with E-state index in [4.69, 9.17) is 4.74 Å². The summed E-state index contributed by atoms with van der Waals surface area (Å²) >= 11 is 0. The molecular weight excluding hydrogens is 392 g/mol. The third-order valence-corrected chi connectivity index (χ3v) is 7.19. The van der Waals surface area contributed by atoms with Gasteiger partial charge in [-0.05, 0) is 44.6 Å². The summed E-state index contributed by atoms with van der Waals surface area (Å²) in [6.07, 6.45) is 8.58. The molecule has 4 atom stereocenters. The van der Waals surface area contributed by atoms with Crippen molar-refractivity contribution in [2.24, 2.45) is 11.8 Å². The number of quaternary nitrogens is 1. The summed E-state index contributed by atoms with van der Waals surface area (Å²) < 4.78 is 5.16. The molecule has 31 heavy (non-hydrogen) atoms. The van der Waals surface area contributed by atoms with Gasteiger partial charge in [0, 0.05) is 29.5 Å². The lowest BCUT2D eigenvalue weighted by atomic mass is 9.65. The summed E-state index contributed by atoms with van der Waals surface area (Å²) in [5.41, 5.74) is 4.80. The van der Waals surface area contributed by atoms with Crippen LogP contribution in [0.4, 0.5) is 5.69 Å². The molecule has 7 heteroatoms. The average molecular weight is 418 g/mol. The largest absolute Gasteiger partial charge is 0.620 e. The van der Waals surface area contributed by atoms with Gasteiger partial charge in [-0.1, -0.05) is 13.0 Å². The summed E-state index contributed by atoms with van der Waals surface area (Å²) in [7, 11) is 1.38. The highest BCUT2D eigenvalue weighted by Gasteiger charge is 2.55. The van der Waals surface area contributed by atoms with E-state index in [-0.39, 0.29) is 23.9 Å². The molecule has 7 nitrogen and oxygen atoms in total. The fourth-order valence-electron chi connectivity index (χ4n) is 5.35. The van der Waals surface area contributed by atoms with Crippen LogP contribution in [0.15, 0.2) is 40.9 Å². The highest BCUT2D eigenvalue weighted by atomic mass is 16.6. The van der Waals surface area contributed by atoms with Crippen molar-refractivity contribution in [2.75, 3.05) is 12.4 Å². The molecule has 2 aliphatic heterocycles. The van der Waals surface area contributed by atoms with Gasteiger partial charge < -0.3 is 15.3 Å². The van der Waals surface area contributed by atoms with Crippen molar-refractivity contribution in [3.63, 3.8) is 0 Å². The van der Waals surface area contributed by atoms with Crippen LogP contribution in [0.2, 0.25) is 0 Å². The predicted octanol–water partition coefficient (Wildman–Crippen LogP) is 4.19. The Kier molecular flexibility index (Phi) is 4.37. The van der Waals surface area contributed by atoms with Crippen molar-refractivity contribution >= 4 is 11.6 Å². The Bertz CT molecular complexity index is 1130. The Balaban J connectivity index is 1.75. The molecule has 1 saturated carbocycles. The lowest BCUT2D eigenvalue weighted by Crippen LogP contribution is -2.55. The summed E-state index contributed by atoms with van der Waals surface area (Å²) in [6, 6.07) is 2.14. The number of amides is 1. The first kappa shape index (κ1) is 20.0. The second-order valence-corrected chi connectivity index (χ2v) is 9.26. The molecule has 0 bridgehead atoms. The Morgan fingerprint density at radius 3 is 2.74 bits per heavy atom. The highest BCUT2D eigenvalue weighted by Crippen LogP contribution is 2.57. The fourth-order valence-corrected chi connectivity index (χ4v) is 5.35. The number of nitrogens with one attached hydrogen (secondary N) is 1. The van der Waals surface area contributed by atoms with E-state index < -0.39 is 10.6 Å². The van der Waals surface area contributed by atoms with Crippen molar-refractivity contribution in [3.05, 3.63) is 57.2 Å². The topological polar surface area (TPSA) is 98.1 Å². The molecule has 1 amide bonds. The van der Waals surface area contributed by atoms with Gasteiger partial charge in [0.1, 0.15) is 11.8 Å². The van der Waals surface area contributed by atoms with E-state index in [9.17, 15) is 15.3 Å². The van der Waals surface area contributed by atoms with Gasteiger partial charge in [-0.2, -0.15) is 5.26 Å². The number of carbonyl (C=O) groups is 1. The smallest absolute Gasteiger partial charge is 0.348 e. The van der Waals surface area contributed by atoms with Crippen LogP contribution in [0.3, 0.4) is 0 Å². The molecule has 4 aliphatic rings. The van der Waals surface area contributed by atoms with Gasteiger partial charge in [0.05, 0.1) is 35.9 Å². The number of fused-ring (bicyclic) bond motifs is 5. The van der Waals surface area contributed by atoms with E-state index in [1.165, 1.54) is 7.05 Å². The molecular formula is C24H26N4O3. The van der Waals surface area contributed by atoms with Gasteiger partial charge in [0.15, 0.2) is 0 Å². The average Bonchev–Trinajstić information content (AvgIpc) is 2.69. The number of rotatable bonds is 2. The molecule has 1 N–H and O–H groups in total. The number of nitrogens with zero attached hydrogens (tertiary/aromatic N) is 3. The number of allylic oxidation sites excluding steroid dienone is 5. The molecule has 2 fully saturated rings. The van der Waals surface area contributed by atoms with E-state index >= 15 is 0 Å². The van der Waals surface area contributed by atoms with Crippen LogP contribution >= 0.6 is 0 Å². The van der Waals surface area contributed by atoms with Crippen LogP contribution in [0, 0.1) is 35.3 Å². The minimum absolute atomic E-state index is 0.0926. The van der Waals surface area contributed by atoms with Crippen LogP contribution in [0.25, 0.3) is 0 Å². The first-order chi connectivity index (χ1) is 14.7. The molecule has 2 aliphatic carbocycles. The number of anilines is 1. The number of piperidine rings is 1. The van der Waals surface area contributed by atoms with Gasteiger partial charge in [0.2, 0.25) is 5.88 Å². The second kappa shape index (κ2) is 6.78. The van der Waals surface area contributed by atoms with E-state index in [0.717, 1.165) is 36.1 Å². The van der Waals surface area contributed by atoms with Crippen LogP contribution in [-0.2, 0) is 4.79 Å². The lowest BCUT2D eigenvalue weighted by molar-refractivity contribution is -0.747. The number of likely N-dealkylation sites (tertiary alicyclic amines) is 1. The number of likely N-dealkylation sites (N-methyl/N-ethyl adjacent to an activating group) is 1. The van der Waals surface area contributed by atoms with E-state index in [0.29, 0.717) is 28.4 Å². The molecule has 0 spiro atoms. The third-order valence-electron chi connectivity index (χ3n) is 7.19. The van der Waals surface area contributed by atoms with Crippen LogP contribution in [-0.4, -0.2) is 28.7 Å². The Morgan fingerprint density at radius 2 is 2.10 bits per heavy atom. The fraction of sp³-hybridized carbons (Fsp3) is 0.458. The minimum Gasteiger partial charge on any atom is -0.620 e. The molecule has 3 heterocycles. The van der Waals surface area contributed by atoms with E-state index in [1.807, 2.05) is 26.8 Å². The molecule has 1 saturated heterocycles. The number of hydrogen-bond acceptors (Lipinski definition) is 6. The first-order valence-electron chi connectivity index (χ1n) is 10.8. The number of pyridine rings is 1. The molecule has 5 rings (SSSR count). The summed E-state index contributed by atoms with van der Waals surface area (Å²) in [5, 5.41) is 26.5. The third kappa shape index (κ3) is 2.79. The number of hydroxylamine groups is 3. The second-order valence-electron chi connectivity index (χ2n) is 9.26. The highest BCUT2D eigenvalue weighted by molar-refractivity contribution is 5.96. The van der Waals surface area contributed by atoms with Gasteiger partial charge >= 0.3 is 5.91 Å². The normalized spacial score (nSPS) is 31.9.